The Labute approximate surface area is 177 Å². The summed E-state index contributed by atoms with van der Waals surface area (Å²) in [5.74, 6) is 0.567. The van der Waals surface area contributed by atoms with Crippen LogP contribution in [0.1, 0.15) is 11.3 Å². The summed E-state index contributed by atoms with van der Waals surface area (Å²) in [6, 6.07) is 10.9. The molecule has 0 bridgehead atoms. The molecule has 9 heteroatoms. The van der Waals surface area contributed by atoms with E-state index in [1.807, 2.05) is 17.5 Å². The van der Waals surface area contributed by atoms with Gasteiger partial charge in [0.1, 0.15) is 5.75 Å². The van der Waals surface area contributed by atoms with E-state index < -0.39 is 0 Å². The Hall–Kier alpha value is -3.22. The zero-order chi connectivity index (χ0) is 20.9. The zero-order valence-electron chi connectivity index (χ0n) is 16.4. The summed E-state index contributed by atoms with van der Waals surface area (Å²) in [6.07, 6.45) is 2.08. The average Bonchev–Trinajstić information content (AvgIpc) is 3.23. The van der Waals surface area contributed by atoms with Crippen molar-refractivity contribution in [1.82, 2.24) is 19.2 Å². The Morgan fingerprint density at radius 3 is 2.70 bits per heavy atom. The van der Waals surface area contributed by atoms with Crippen LogP contribution in [-0.2, 0) is 17.8 Å². The van der Waals surface area contributed by atoms with Crippen molar-refractivity contribution in [3.05, 3.63) is 63.5 Å². The Balaban J connectivity index is 1.25. The highest BCUT2D eigenvalue weighted by molar-refractivity contribution is 7.15. The lowest BCUT2D eigenvalue weighted by molar-refractivity contribution is -0.135. The molecule has 1 aliphatic heterocycles. The second-order valence-corrected chi connectivity index (χ2v) is 7.94. The van der Waals surface area contributed by atoms with E-state index in [1.54, 1.807) is 33.7 Å². The van der Waals surface area contributed by atoms with Crippen molar-refractivity contribution in [3.8, 4) is 11.8 Å². The number of nitriles is 1. The third kappa shape index (κ3) is 4.67. The van der Waals surface area contributed by atoms with E-state index in [2.05, 4.69) is 16.0 Å². The third-order valence-corrected chi connectivity index (χ3v) is 5.79. The average molecular weight is 423 g/mol. The van der Waals surface area contributed by atoms with E-state index in [0.29, 0.717) is 36.8 Å². The Kier molecular flexibility index (Phi) is 6.07. The van der Waals surface area contributed by atoms with Gasteiger partial charge in [0.25, 0.3) is 11.5 Å². The largest absolute Gasteiger partial charge is 0.484 e. The van der Waals surface area contributed by atoms with Gasteiger partial charge in [0.05, 0.1) is 18.2 Å². The molecule has 3 aromatic rings. The number of aromatic nitrogens is 2. The minimum atomic E-state index is -0.0668. The number of ether oxygens (including phenoxy) is 1. The van der Waals surface area contributed by atoms with Crippen molar-refractivity contribution in [2.45, 2.75) is 13.0 Å². The monoisotopic (exact) mass is 423 g/mol. The standard InChI is InChI=1S/C21H21N5O3S/c22-6-5-16-1-3-18(4-2-16)29-15-20(28)25-9-7-24(8-10-25)14-17-13-19(27)26-11-12-30-21(26)23-17/h1-4,11-13H,5,7-10,14-15H2. The fourth-order valence-electron chi connectivity index (χ4n) is 3.38. The number of piperazine rings is 1. The van der Waals surface area contributed by atoms with Gasteiger partial charge in [-0.2, -0.15) is 5.26 Å². The Morgan fingerprint density at radius 1 is 1.20 bits per heavy atom. The smallest absolute Gasteiger partial charge is 0.260 e. The molecule has 2 aromatic heterocycles. The molecular formula is C21H21N5O3S. The lowest BCUT2D eigenvalue weighted by Gasteiger charge is -2.34. The molecule has 0 radical (unpaired) electrons. The molecule has 0 spiro atoms. The molecule has 0 saturated carbocycles. The maximum atomic E-state index is 12.5. The predicted molar refractivity (Wildman–Crippen MR) is 112 cm³/mol. The van der Waals surface area contributed by atoms with E-state index in [-0.39, 0.29) is 18.1 Å². The summed E-state index contributed by atoms with van der Waals surface area (Å²) in [5.41, 5.74) is 1.61. The maximum Gasteiger partial charge on any atom is 0.260 e. The van der Waals surface area contributed by atoms with Gasteiger partial charge in [-0.1, -0.05) is 12.1 Å². The van der Waals surface area contributed by atoms with Crippen LogP contribution in [0, 0.1) is 11.3 Å². The van der Waals surface area contributed by atoms with E-state index in [1.165, 1.54) is 11.3 Å². The molecule has 1 fully saturated rings. The first-order valence-electron chi connectivity index (χ1n) is 9.67. The summed E-state index contributed by atoms with van der Waals surface area (Å²) in [6.45, 7) is 3.26. The second kappa shape index (κ2) is 9.07. The number of hydrogen-bond donors (Lipinski definition) is 0. The lowest BCUT2D eigenvalue weighted by Crippen LogP contribution is -2.49. The van der Waals surface area contributed by atoms with E-state index >= 15 is 0 Å². The van der Waals surface area contributed by atoms with Crippen molar-refractivity contribution in [1.29, 1.82) is 5.26 Å². The number of rotatable bonds is 6. The highest BCUT2D eigenvalue weighted by Gasteiger charge is 2.22. The summed E-state index contributed by atoms with van der Waals surface area (Å²) in [7, 11) is 0. The number of benzene rings is 1. The third-order valence-electron chi connectivity index (χ3n) is 5.04. The molecule has 0 atom stereocenters. The van der Waals surface area contributed by atoms with Crippen LogP contribution < -0.4 is 10.3 Å². The maximum absolute atomic E-state index is 12.5. The minimum Gasteiger partial charge on any atom is -0.484 e. The van der Waals surface area contributed by atoms with E-state index in [9.17, 15) is 9.59 Å². The van der Waals surface area contributed by atoms with Gasteiger partial charge in [-0.15, -0.1) is 11.3 Å². The van der Waals surface area contributed by atoms with Crippen LogP contribution in [-0.4, -0.2) is 57.9 Å². The van der Waals surface area contributed by atoms with Gasteiger partial charge in [-0.3, -0.25) is 18.9 Å². The first-order chi connectivity index (χ1) is 14.6. The number of carbonyl (C=O) groups is 1. The van der Waals surface area contributed by atoms with Crippen LogP contribution in [0.15, 0.2) is 46.7 Å². The Bertz CT molecular complexity index is 1120. The van der Waals surface area contributed by atoms with Gasteiger partial charge < -0.3 is 9.64 Å². The van der Waals surface area contributed by atoms with Gasteiger partial charge in [-0.05, 0) is 17.7 Å². The van der Waals surface area contributed by atoms with Crippen molar-refractivity contribution >= 4 is 22.2 Å². The van der Waals surface area contributed by atoms with Gasteiger partial charge in [0.15, 0.2) is 11.6 Å². The number of nitrogens with zero attached hydrogens (tertiary/aromatic N) is 5. The molecule has 0 unspecified atom stereocenters. The molecule has 154 valence electrons. The number of fused-ring (bicyclic) bond motifs is 1. The molecule has 1 aliphatic rings. The van der Waals surface area contributed by atoms with Gasteiger partial charge in [-0.25, -0.2) is 4.98 Å². The summed E-state index contributed by atoms with van der Waals surface area (Å²) in [4.78, 5) is 33.8. The van der Waals surface area contributed by atoms with Crippen molar-refractivity contribution in [2.24, 2.45) is 0 Å². The highest BCUT2D eigenvalue weighted by Crippen LogP contribution is 2.14. The lowest BCUT2D eigenvalue weighted by atomic mass is 10.2. The SMILES string of the molecule is N#CCc1ccc(OCC(=O)N2CCN(Cc3cc(=O)n4ccsc4n3)CC2)cc1. The molecular weight excluding hydrogens is 402 g/mol. The van der Waals surface area contributed by atoms with Crippen LogP contribution in [0.4, 0.5) is 0 Å². The fourth-order valence-corrected chi connectivity index (χ4v) is 4.12. The molecule has 1 aromatic carbocycles. The summed E-state index contributed by atoms with van der Waals surface area (Å²) >= 11 is 1.44. The fraction of sp³-hybridized carbons (Fsp3) is 0.333. The number of carbonyl (C=O) groups excluding carboxylic acids is 1. The molecule has 30 heavy (non-hydrogen) atoms. The Morgan fingerprint density at radius 2 is 1.97 bits per heavy atom. The quantitative estimate of drug-likeness (QED) is 0.597. The predicted octanol–water partition coefficient (Wildman–Crippen LogP) is 1.55. The van der Waals surface area contributed by atoms with Crippen molar-refractivity contribution in [2.75, 3.05) is 32.8 Å². The van der Waals surface area contributed by atoms with E-state index in [0.717, 1.165) is 24.3 Å². The first kappa shape index (κ1) is 20.1. The van der Waals surface area contributed by atoms with Gasteiger partial charge >= 0.3 is 0 Å². The molecule has 8 nitrogen and oxygen atoms in total. The molecule has 0 aliphatic carbocycles. The molecule has 1 saturated heterocycles. The first-order valence-corrected chi connectivity index (χ1v) is 10.5. The second-order valence-electron chi connectivity index (χ2n) is 7.07. The number of amides is 1. The topological polar surface area (TPSA) is 90.9 Å². The highest BCUT2D eigenvalue weighted by atomic mass is 32.1. The van der Waals surface area contributed by atoms with Crippen LogP contribution in [0.25, 0.3) is 4.96 Å². The van der Waals surface area contributed by atoms with Gasteiger partial charge in [0.2, 0.25) is 0 Å². The van der Waals surface area contributed by atoms with Crippen LogP contribution in [0.5, 0.6) is 5.75 Å². The number of hydrogen-bond acceptors (Lipinski definition) is 7. The molecule has 4 rings (SSSR count). The van der Waals surface area contributed by atoms with Crippen molar-refractivity contribution < 1.29 is 9.53 Å². The molecule has 1 amide bonds. The summed E-state index contributed by atoms with van der Waals surface area (Å²) < 4.78 is 7.13. The minimum absolute atomic E-state index is 0.00897. The molecule has 0 N–H and O–H groups in total. The van der Waals surface area contributed by atoms with Crippen LogP contribution in [0.2, 0.25) is 0 Å². The van der Waals surface area contributed by atoms with Crippen LogP contribution in [0.3, 0.4) is 0 Å². The number of thiazole rings is 1. The normalized spacial score (nSPS) is 14.6. The van der Waals surface area contributed by atoms with Crippen LogP contribution >= 0.6 is 11.3 Å². The molecule has 3 heterocycles. The van der Waals surface area contributed by atoms with Gasteiger partial charge in [0, 0.05) is 50.4 Å². The van der Waals surface area contributed by atoms with E-state index in [4.69, 9.17) is 10.00 Å². The van der Waals surface area contributed by atoms with Crippen molar-refractivity contribution in [3.63, 3.8) is 0 Å². The zero-order valence-corrected chi connectivity index (χ0v) is 17.2. The summed E-state index contributed by atoms with van der Waals surface area (Å²) in [5, 5.41) is 10.6.